The first-order valence-corrected chi connectivity index (χ1v) is 10.0. The van der Waals surface area contributed by atoms with Gasteiger partial charge in [-0.25, -0.2) is 9.78 Å². The highest BCUT2D eigenvalue weighted by Crippen LogP contribution is 2.35. The van der Waals surface area contributed by atoms with Gasteiger partial charge in [-0.1, -0.05) is 37.3 Å². The number of aromatic carboxylic acids is 1. The minimum atomic E-state index is -0.938. The minimum absolute atomic E-state index is 0.290. The SMILES string of the molecule is CCc1nc(-c2ccc(OC)c(OCCCc3ccccc3)c2)sc1C(=O)O. The third-order valence-corrected chi connectivity index (χ3v) is 5.48. The van der Waals surface area contributed by atoms with Gasteiger partial charge in [0, 0.05) is 5.56 Å². The van der Waals surface area contributed by atoms with E-state index in [1.165, 1.54) is 16.9 Å². The Bertz CT molecular complexity index is 937. The molecule has 2 aromatic carbocycles. The molecular formula is C22H23NO4S. The standard InChI is InChI=1S/C22H23NO4S/c1-3-17-20(22(24)25)28-21(23-17)16-11-12-18(26-2)19(14-16)27-13-7-10-15-8-5-4-6-9-15/h4-6,8-9,11-12,14H,3,7,10,13H2,1-2H3,(H,24,25). The number of rotatable bonds is 9. The second-order valence-corrected chi connectivity index (χ2v) is 7.26. The van der Waals surface area contributed by atoms with Gasteiger partial charge >= 0.3 is 5.97 Å². The largest absolute Gasteiger partial charge is 0.493 e. The highest BCUT2D eigenvalue weighted by Gasteiger charge is 2.18. The van der Waals surface area contributed by atoms with E-state index in [0.29, 0.717) is 40.1 Å². The summed E-state index contributed by atoms with van der Waals surface area (Å²) in [6.45, 7) is 2.47. The Morgan fingerprint density at radius 3 is 2.57 bits per heavy atom. The normalized spacial score (nSPS) is 10.6. The van der Waals surface area contributed by atoms with Crippen LogP contribution < -0.4 is 9.47 Å². The number of carboxylic acid groups (broad SMARTS) is 1. The molecule has 0 aliphatic heterocycles. The van der Waals surface area contributed by atoms with Crippen LogP contribution in [0.15, 0.2) is 48.5 Å². The summed E-state index contributed by atoms with van der Waals surface area (Å²) < 4.78 is 11.4. The maximum absolute atomic E-state index is 11.4. The Morgan fingerprint density at radius 1 is 1.14 bits per heavy atom. The van der Waals surface area contributed by atoms with Crippen LogP contribution in [-0.4, -0.2) is 29.8 Å². The average Bonchev–Trinajstić information content (AvgIpc) is 3.17. The molecule has 0 fully saturated rings. The quantitative estimate of drug-likeness (QED) is 0.509. The molecule has 0 saturated carbocycles. The van der Waals surface area contributed by atoms with Crippen LogP contribution in [0.5, 0.6) is 11.5 Å². The number of hydrogen-bond acceptors (Lipinski definition) is 5. The van der Waals surface area contributed by atoms with Crippen molar-refractivity contribution in [1.82, 2.24) is 4.98 Å². The van der Waals surface area contributed by atoms with Crippen LogP contribution in [0.4, 0.5) is 0 Å². The average molecular weight is 397 g/mol. The summed E-state index contributed by atoms with van der Waals surface area (Å²) in [6.07, 6.45) is 2.41. The van der Waals surface area contributed by atoms with E-state index in [1.54, 1.807) is 7.11 Å². The molecule has 3 aromatic rings. The lowest BCUT2D eigenvalue weighted by Crippen LogP contribution is -2.01. The zero-order valence-electron chi connectivity index (χ0n) is 16.0. The third kappa shape index (κ3) is 4.70. The fourth-order valence-electron chi connectivity index (χ4n) is 2.91. The zero-order valence-corrected chi connectivity index (χ0v) is 16.8. The van der Waals surface area contributed by atoms with Crippen LogP contribution in [0, 0.1) is 0 Å². The topological polar surface area (TPSA) is 68.7 Å². The zero-order chi connectivity index (χ0) is 19.9. The summed E-state index contributed by atoms with van der Waals surface area (Å²) in [5, 5.41) is 10.0. The van der Waals surface area contributed by atoms with Crippen molar-refractivity contribution in [3.05, 3.63) is 64.7 Å². The number of carboxylic acids is 1. The van der Waals surface area contributed by atoms with Crippen molar-refractivity contribution in [3.8, 4) is 22.1 Å². The lowest BCUT2D eigenvalue weighted by atomic mass is 10.1. The summed E-state index contributed by atoms with van der Waals surface area (Å²) >= 11 is 1.19. The van der Waals surface area contributed by atoms with Crippen molar-refractivity contribution in [1.29, 1.82) is 0 Å². The van der Waals surface area contributed by atoms with E-state index in [-0.39, 0.29) is 0 Å². The number of aromatic nitrogens is 1. The number of ether oxygens (including phenoxy) is 2. The van der Waals surface area contributed by atoms with E-state index in [9.17, 15) is 9.90 Å². The molecule has 3 rings (SSSR count). The van der Waals surface area contributed by atoms with E-state index in [2.05, 4.69) is 17.1 Å². The van der Waals surface area contributed by atoms with E-state index < -0.39 is 5.97 Å². The van der Waals surface area contributed by atoms with Gasteiger partial charge in [-0.05, 0) is 43.0 Å². The molecule has 0 aliphatic carbocycles. The fourth-order valence-corrected chi connectivity index (χ4v) is 3.90. The van der Waals surface area contributed by atoms with Gasteiger partial charge in [0.2, 0.25) is 0 Å². The summed E-state index contributed by atoms with van der Waals surface area (Å²) in [5.74, 6) is 0.346. The second-order valence-electron chi connectivity index (χ2n) is 6.26. The van der Waals surface area contributed by atoms with Gasteiger partial charge in [0.15, 0.2) is 11.5 Å². The first kappa shape index (κ1) is 19.9. The summed E-state index contributed by atoms with van der Waals surface area (Å²) in [7, 11) is 1.60. The number of carbonyl (C=O) groups is 1. The fraction of sp³-hybridized carbons (Fsp3) is 0.273. The van der Waals surface area contributed by atoms with Gasteiger partial charge in [0.25, 0.3) is 0 Å². The molecule has 1 heterocycles. The lowest BCUT2D eigenvalue weighted by Gasteiger charge is -2.12. The van der Waals surface area contributed by atoms with Crippen molar-refractivity contribution in [2.75, 3.05) is 13.7 Å². The highest BCUT2D eigenvalue weighted by molar-refractivity contribution is 7.17. The molecule has 0 bridgehead atoms. The Kier molecular flexibility index (Phi) is 6.66. The summed E-state index contributed by atoms with van der Waals surface area (Å²) in [4.78, 5) is 16.2. The minimum Gasteiger partial charge on any atom is -0.493 e. The molecule has 146 valence electrons. The van der Waals surface area contributed by atoms with Crippen molar-refractivity contribution < 1.29 is 19.4 Å². The molecule has 5 nitrogen and oxygen atoms in total. The van der Waals surface area contributed by atoms with E-state index in [4.69, 9.17) is 9.47 Å². The van der Waals surface area contributed by atoms with Crippen LogP contribution in [0.25, 0.3) is 10.6 Å². The van der Waals surface area contributed by atoms with E-state index in [0.717, 1.165) is 18.4 Å². The first-order valence-electron chi connectivity index (χ1n) is 9.20. The van der Waals surface area contributed by atoms with Crippen LogP contribution in [0.1, 0.15) is 34.3 Å². The molecule has 0 radical (unpaired) electrons. The maximum atomic E-state index is 11.4. The predicted molar refractivity (Wildman–Crippen MR) is 111 cm³/mol. The second kappa shape index (κ2) is 9.37. The van der Waals surface area contributed by atoms with Crippen molar-refractivity contribution >= 4 is 17.3 Å². The number of aryl methyl sites for hydroxylation is 2. The Hall–Kier alpha value is -2.86. The number of hydrogen-bond donors (Lipinski definition) is 1. The van der Waals surface area contributed by atoms with Crippen molar-refractivity contribution in [2.24, 2.45) is 0 Å². The van der Waals surface area contributed by atoms with Crippen molar-refractivity contribution in [3.63, 3.8) is 0 Å². The van der Waals surface area contributed by atoms with Crippen LogP contribution in [0.3, 0.4) is 0 Å². The highest BCUT2D eigenvalue weighted by atomic mass is 32.1. The molecule has 0 saturated heterocycles. The molecule has 6 heteroatoms. The number of thiazole rings is 1. The third-order valence-electron chi connectivity index (χ3n) is 4.35. The summed E-state index contributed by atoms with van der Waals surface area (Å²) in [6, 6.07) is 15.9. The van der Waals surface area contributed by atoms with Gasteiger partial charge in [0.1, 0.15) is 9.88 Å². The van der Waals surface area contributed by atoms with Crippen molar-refractivity contribution in [2.45, 2.75) is 26.2 Å². The molecule has 1 N–H and O–H groups in total. The van der Waals surface area contributed by atoms with Gasteiger partial charge in [-0.15, -0.1) is 11.3 Å². The van der Waals surface area contributed by atoms with Gasteiger partial charge in [0.05, 0.1) is 19.4 Å². The van der Waals surface area contributed by atoms with Crippen LogP contribution in [-0.2, 0) is 12.8 Å². The summed E-state index contributed by atoms with van der Waals surface area (Å²) in [5.41, 5.74) is 2.71. The molecule has 0 atom stereocenters. The number of methoxy groups -OCH3 is 1. The van der Waals surface area contributed by atoms with Gasteiger partial charge in [-0.3, -0.25) is 0 Å². The Morgan fingerprint density at radius 2 is 1.93 bits per heavy atom. The molecule has 0 spiro atoms. The van der Waals surface area contributed by atoms with E-state index >= 15 is 0 Å². The molecule has 28 heavy (non-hydrogen) atoms. The smallest absolute Gasteiger partial charge is 0.347 e. The monoisotopic (exact) mass is 397 g/mol. The van der Waals surface area contributed by atoms with Crippen LogP contribution >= 0.6 is 11.3 Å². The predicted octanol–water partition coefficient (Wildman–Crippen LogP) is 5.09. The Labute approximate surface area is 168 Å². The van der Waals surface area contributed by atoms with E-state index in [1.807, 2.05) is 43.3 Å². The lowest BCUT2D eigenvalue weighted by molar-refractivity contribution is 0.0701. The number of nitrogens with zero attached hydrogens (tertiary/aromatic N) is 1. The molecular weight excluding hydrogens is 374 g/mol. The Balaban J connectivity index is 1.74. The van der Waals surface area contributed by atoms with Gasteiger partial charge < -0.3 is 14.6 Å². The molecule has 0 unspecified atom stereocenters. The van der Waals surface area contributed by atoms with Crippen LogP contribution in [0.2, 0.25) is 0 Å². The van der Waals surface area contributed by atoms with Gasteiger partial charge in [-0.2, -0.15) is 0 Å². The molecule has 0 amide bonds. The first-order chi connectivity index (χ1) is 13.6. The number of benzene rings is 2. The maximum Gasteiger partial charge on any atom is 0.347 e. The molecule has 1 aromatic heterocycles. The molecule has 0 aliphatic rings.